The van der Waals surface area contributed by atoms with Crippen LogP contribution >= 0.6 is 0 Å². The van der Waals surface area contributed by atoms with Crippen LogP contribution in [0.4, 0.5) is 0 Å². The average molecular weight is 974 g/mol. The van der Waals surface area contributed by atoms with Crippen LogP contribution in [0.5, 0.6) is 0 Å². The minimum Gasteiger partial charge on any atom is -0.333 e. The second-order valence-electron chi connectivity index (χ2n) is 17.4. The van der Waals surface area contributed by atoms with Crippen LogP contribution in [-0.4, -0.2) is 19.4 Å². The average Bonchev–Trinajstić information content (AvgIpc) is 3.72. The normalized spacial score (nSPS) is 12.6. The van der Waals surface area contributed by atoms with Gasteiger partial charge in [0.1, 0.15) is 0 Å². The first-order valence-corrected chi connectivity index (χ1v) is 21.2. The van der Waals surface area contributed by atoms with Crippen LogP contribution in [0.1, 0.15) is 87.7 Å². The standard InChI is InChI=1S/C42H39N3.C14H14N.Ir/c1-28(2)24-30-14-13-15-31(25-29(3)4)40(30)38-27-44-41-36-26-33(21-22-34(36)35-18-9-10-19-37(35)45(38)41)42(5,32-16-7-6-8-17-32)39-20-11-12-23-43-39;1-14(2,12-8-4-3-5-9-12)13-10-6-7-11-15-13;/h6-16,18-23,27-29H,24-25H2,1-5H3;3-8,10-11H,1-2H3;/q-2;-1;+3. The minimum atomic E-state index is -0.553. The molecular formula is C56H53IrN4. The van der Waals surface area contributed by atoms with Crippen molar-refractivity contribution in [3.8, 4) is 11.3 Å². The molecular weight excluding hydrogens is 921 g/mol. The minimum absolute atomic E-state index is 0. The van der Waals surface area contributed by atoms with E-state index in [1.165, 1.54) is 27.6 Å². The van der Waals surface area contributed by atoms with Crippen molar-refractivity contribution in [3.05, 3.63) is 216 Å². The summed E-state index contributed by atoms with van der Waals surface area (Å²) in [7, 11) is 0. The van der Waals surface area contributed by atoms with Crippen molar-refractivity contribution in [2.24, 2.45) is 11.8 Å². The van der Waals surface area contributed by atoms with Gasteiger partial charge in [0.25, 0.3) is 0 Å². The number of para-hydroxylation sites is 1. The Morgan fingerprint density at radius 1 is 0.557 bits per heavy atom. The number of hydrogen-bond donors (Lipinski definition) is 0. The van der Waals surface area contributed by atoms with Crippen LogP contribution < -0.4 is 0 Å². The largest absolute Gasteiger partial charge is 3.00 e. The predicted molar refractivity (Wildman–Crippen MR) is 248 cm³/mol. The first-order chi connectivity index (χ1) is 29.1. The van der Waals surface area contributed by atoms with E-state index in [4.69, 9.17) is 9.97 Å². The van der Waals surface area contributed by atoms with E-state index in [1.54, 1.807) is 0 Å². The van der Waals surface area contributed by atoms with E-state index in [-0.39, 0.29) is 25.5 Å². The van der Waals surface area contributed by atoms with Gasteiger partial charge in [-0.2, -0.15) is 66.2 Å². The SMILES string of the molecule is CC(C)(c1[c-]cccc1)c1ccccn1.CC(C)Cc1cccc(CC(C)C)c1-c1cnc2c3[c-]c(C(C)(c4[c-]cccc4)c4ccccn4)ccc3c3ccccc3n12.[Ir+3]. The summed E-state index contributed by atoms with van der Waals surface area (Å²) in [4.78, 5) is 14.4. The molecule has 4 nitrogen and oxygen atoms in total. The fraction of sp³-hybridized carbons (Fsp3) is 0.232. The van der Waals surface area contributed by atoms with Crippen LogP contribution in [0.25, 0.3) is 38.6 Å². The topological polar surface area (TPSA) is 43.1 Å². The predicted octanol–water partition coefficient (Wildman–Crippen LogP) is 13.3. The molecule has 0 spiro atoms. The summed E-state index contributed by atoms with van der Waals surface area (Å²) in [5, 5.41) is 3.36. The number of nitrogens with zero attached hydrogens (tertiary/aromatic N) is 4. The van der Waals surface area contributed by atoms with Gasteiger partial charge in [0.15, 0.2) is 0 Å². The van der Waals surface area contributed by atoms with Crippen molar-refractivity contribution in [1.29, 1.82) is 0 Å². The molecule has 9 aromatic rings. The fourth-order valence-electron chi connectivity index (χ4n) is 8.67. The molecule has 5 aromatic carbocycles. The molecule has 4 heterocycles. The third-order valence-electron chi connectivity index (χ3n) is 11.8. The van der Waals surface area contributed by atoms with E-state index in [2.05, 4.69) is 173 Å². The van der Waals surface area contributed by atoms with Gasteiger partial charge in [-0.3, -0.25) is 15.0 Å². The fourth-order valence-corrected chi connectivity index (χ4v) is 8.67. The molecule has 0 bridgehead atoms. The Kier molecular flexibility index (Phi) is 13.1. The zero-order chi connectivity index (χ0) is 41.9. The van der Waals surface area contributed by atoms with Crippen molar-refractivity contribution < 1.29 is 20.1 Å². The molecule has 0 saturated carbocycles. The van der Waals surface area contributed by atoms with Gasteiger partial charge < -0.3 is 4.40 Å². The summed E-state index contributed by atoms with van der Waals surface area (Å²) < 4.78 is 2.38. The van der Waals surface area contributed by atoms with E-state index in [0.29, 0.717) is 11.8 Å². The summed E-state index contributed by atoms with van der Waals surface area (Å²) >= 11 is 0. The molecule has 0 radical (unpaired) electrons. The van der Waals surface area contributed by atoms with E-state index in [9.17, 15) is 0 Å². The molecule has 0 N–H and O–H groups in total. The molecule has 0 aliphatic rings. The number of fused-ring (bicyclic) bond motifs is 6. The van der Waals surface area contributed by atoms with Crippen molar-refractivity contribution in [2.75, 3.05) is 0 Å². The quantitative estimate of drug-likeness (QED) is 0.101. The second kappa shape index (κ2) is 18.5. The molecule has 1 atom stereocenters. The van der Waals surface area contributed by atoms with Crippen molar-refractivity contribution in [2.45, 2.75) is 72.1 Å². The zero-order valence-electron chi connectivity index (χ0n) is 36.2. The summed E-state index contributed by atoms with van der Waals surface area (Å²) in [5.74, 6) is 1.09. The zero-order valence-corrected chi connectivity index (χ0v) is 38.6. The summed E-state index contributed by atoms with van der Waals surface area (Å²) in [5.41, 5.74) is 12.0. The van der Waals surface area contributed by atoms with Crippen LogP contribution in [0.2, 0.25) is 0 Å². The molecule has 0 fully saturated rings. The molecule has 306 valence electrons. The molecule has 0 aliphatic carbocycles. The summed E-state index contributed by atoms with van der Waals surface area (Å²) in [6, 6.07) is 59.1. The molecule has 61 heavy (non-hydrogen) atoms. The maximum absolute atomic E-state index is 5.19. The van der Waals surface area contributed by atoms with Crippen LogP contribution in [0.15, 0.2) is 158 Å². The number of hydrogen-bond acceptors (Lipinski definition) is 3. The third kappa shape index (κ3) is 8.60. The van der Waals surface area contributed by atoms with E-state index >= 15 is 0 Å². The van der Waals surface area contributed by atoms with E-state index < -0.39 is 5.41 Å². The Morgan fingerprint density at radius 3 is 1.74 bits per heavy atom. The van der Waals surface area contributed by atoms with Gasteiger partial charge in [0.05, 0.1) is 17.0 Å². The van der Waals surface area contributed by atoms with E-state index in [1.807, 2.05) is 60.9 Å². The van der Waals surface area contributed by atoms with Gasteiger partial charge in [-0.15, -0.1) is 29.3 Å². The molecule has 1 unspecified atom stereocenters. The van der Waals surface area contributed by atoms with Crippen LogP contribution in [-0.2, 0) is 43.8 Å². The van der Waals surface area contributed by atoms with Crippen LogP contribution in [0, 0.1) is 30.0 Å². The van der Waals surface area contributed by atoms with Gasteiger partial charge >= 0.3 is 20.1 Å². The van der Waals surface area contributed by atoms with Gasteiger partial charge in [0, 0.05) is 46.2 Å². The Hall–Kier alpha value is -5.74. The number of rotatable bonds is 10. The molecule has 0 saturated heterocycles. The maximum Gasteiger partial charge on any atom is 3.00 e. The summed E-state index contributed by atoms with van der Waals surface area (Å²) in [6.45, 7) is 15.8. The number of benzene rings is 5. The van der Waals surface area contributed by atoms with Crippen molar-refractivity contribution in [3.63, 3.8) is 0 Å². The first-order valence-electron chi connectivity index (χ1n) is 21.2. The number of aromatic nitrogens is 4. The Morgan fingerprint density at radius 2 is 1.15 bits per heavy atom. The third-order valence-corrected chi connectivity index (χ3v) is 11.8. The molecule has 9 rings (SSSR count). The maximum atomic E-state index is 5.19. The monoisotopic (exact) mass is 974 g/mol. The molecule has 4 aromatic heterocycles. The van der Waals surface area contributed by atoms with Gasteiger partial charge in [-0.25, -0.2) is 0 Å². The first kappa shape index (κ1) is 43.4. The molecule has 5 heteroatoms. The Labute approximate surface area is 375 Å². The van der Waals surface area contributed by atoms with Crippen molar-refractivity contribution in [1.82, 2.24) is 19.4 Å². The van der Waals surface area contributed by atoms with Gasteiger partial charge in [-0.1, -0.05) is 101 Å². The van der Waals surface area contributed by atoms with Gasteiger partial charge in [-0.05, 0) is 78.4 Å². The number of imidazole rings is 1. The number of pyridine rings is 3. The van der Waals surface area contributed by atoms with Crippen LogP contribution in [0.3, 0.4) is 0 Å². The summed E-state index contributed by atoms with van der Waals surface area (Å²) in [6.07, 6.45) is 7.83. The second-order valence-corrected chi connectivity index (χ2v) is 17.4. The van der Waals surface area contributed by atoms with E-state index in [0.717, 1.165) is 63.0 Å². The molecule has 0 aliphatic heterocycles. The van der Waals surface area contributed by atoms with Crippen molar-refractivity contribution >= 4 is 27.3 Å². The van der Waals surface area contributed by atoms with Gasteiger partial charge in [0.2, 0.25) is 0 Å². The Balaban J connectivity index is 0.000000296. The Bertz CT molecular complexity index is 2740. The molecule has 0 amide bonds. The smallest absolute Gasteiger partial charge is 0.333 e.